The van der Waals surface area contributed by atoms with Gasteiger partial charge in [0.05, 0.1) is 4.90 Å². The Morgan fingerprint density at radius 3 is 2.23 bits per heavy atom. The van der Waals surface area contributed by atoms with E-state index >= 15 is 0 Å². The number of hydrogen-bond donors (Lipinski definition) is 2. The minimum atomic E-state index is -3.47. The van der Waals surface area contributed by atoms with Crippen molar-refractivity contribution in [2.24, 2.45) is 0 Å². The van der Waals surface area contributed by atoms with Gasteiger partial charge in [-0.1, -0.05) is 38.1 Å². The Labute approximate surface area is 178 Å². The van der Waals surface area contributed by atoms with Crippen molar-refractivity contribution in [3.63, 3.8) is 0 Å². The van der Waals surface area contributed by atoms with E-state index in [-0.39, 0.29) is 16.7 Å². The standard InChI is InChI=1S/C22H29N3O4S/c1-4-25(5-2)30(28,29)21-12-9-18(10-13-21)11-14-22(27)23-16-19-7-6-8-20(15-19)24-17(3)26/h6-10,12-13,15H,4-5,11,14,16H2,1-3H3,(H,23,27)(H,24,26). The van der Waals surface area contributed by atoms with Gasteiger partial charge in [-0.15, -0.1) is 0 Å². The van der Waals surface area contributed by atoms with E-state index in [1.807, 2.05) is 32.0 Å². The van der Waals surface area contributed by atoms with Crippen molar-refractivity contribution in [3.05, 3.63) is 59.7 Å². The van der Waals surface area contributed by atoms with E-state index in [2.05, 4.69) is 10.6 Å². The first-order valence-corrected chi connectivity index (χ1v) is 11.4. The molecule has 0 saturated heterocycles. The van der Waals surface area contributed by atoms with E-state index in [4.69, 9.17) is 0 Å². The summed E-state index contributed by atoms with van der Waals surface area (Å²) in [5.41, 5.74) is 2.48. The Morgan fingerprint density at radius 2 is 1.63 bits per heavy atom. The predicted molar refractivity (Wildman–Crippen MR) is 117 cm³/mol. The van der Waals surface area contributed by atoms with Gasteiger partial charge in [-0.25, -0.2) is 8.42 Å². The van der Waals surface area contributed by atoms with E-state index in [9.17, 15) is 18.0 Å². The van der Waals surface area contributed by atoms with Gasteiger partial charge in [0.2, 0.25) is 21.8 Å². The van der Waals surface area contributed by atoms with Crippen molar-refractivity contribution in [2.75, 3.05) is 18.4 Å². The number of nitrogens with one attached hydrogen (secondary N) is 2. The molecule has 0 aromatic heterocycles. The summed E-state index contributed by atoms with van der Waals surface area (Å²) in [5, 5.41) is 5.57. The first kappa shape index (κ1) is 23.6. The Balaban J connectivity index is 1.87. The maximum Gasteiger partial charge on any atom is 0.243 e. The fourth-order valence-corrected chi connectivity index (χ4v) is 4.51. The molecule has 30 heavy (non-hydrogen) atoms. The van der Waals surface area contributed by atoms with Crippen molar-refractivity contribution >= 4 is 27.5 Å². The van der Waals surface area contributed by atoms with Crippen LogP contribution in [-0.2, 0) is 32.6 Å². The van der Waals surface area contributed by atoms with Crippen molar-refractivity contribution in [1.29, 1.82) is 0 Å². The lowest BCUT2D eigenvalue weighted by molar-refractivity contribution is -0.121. The SMILES string of the molecule is CCN(CC)S(=O)(=O)c1ccc(CCC(=O)NCc2cccc(NC(C)=O)c2)cc1. The average molecular weight is 432 g/mol. The summed E-state index contributed by atoms with van der Waals surface area (Å²) in [6.45, 7) is 6.28. The van der Waals surface area contributed by atoms with Gasteiger partial charge >= 0.3 is 0 Å². The molecule has 0 atom stereocenters. The van der Waals surface area contributed by atoms with E-state index < -0.39 is 10.0 Å². The number of hydrogen-bond acceptors (Lipinski definition) is 4. The molecule has 7 nitrogen and oxygen atoms in total. The average Bonchev–Trinajstić information content (AvgIpc) is 2.71. The molecule has 2 aromatic carbocycles. The van der Waals surface area contributed by atoms with Crippen LogP contribution in [-0.4, -0.2) is 37.6 Å². The minimum absolute atomic E-state index is 0.0974. The lowest BCUT2D eigenvalue weighted by Crippen LogP contribution is -2.30. The predicted octanol–water partition coefficient (Wildman–Crippen LogP) is 2.92. The molecule has 0 saturated carbocycles. The smallest absolute Gasteiger partial charge is 0.243 e. The molecule has 0 spiro atoms. The highest BCUT2D eigenvalue weighted by Crippen LogP contribution is 2.17. The van der Waals surface area contributed by atoms with Crippen molar-refractivity contribution in [2.45, 2.75) is 45.1 Å². The van der Waals surface area contributed by atoms with Crippen LogP contribution >= 0.6 is 0 Å². The lowest BCUT2D eigenvalue weighted by Gasteiger charge is -2.18. The number of rotatable bonds is 10. The van der Waals surface area contributed by atoms with Crippen LogP contribution in [0.15, 0.2) is 53.4 Å². The molecule has 162 valence electrons. The van der Waals surface area contributed by atoms with Gasteiger partial charge in [0.15, 0.2) is 0 Å². The molecule has 8 heteroatoms. The number of anilines is 1. The van der Waals surface area contributed by atoms with Crippen LogP contribution in [0.4, 0.5) is 5.69 Å². The van der Waals surface area contributed by atoms with Crippen LogP contribution in [0.25, 0.3) is 0 Å². The third kappa shape index (κ3) is 6.67. The summed E-state index contributed by atoms with van der Waals surface area (Å²) >= 11 is 0. The molecular weight excluding hydrogens is 402 g/mol. The Morgan fingerprint density at radius 1 is 0.967 bits per heavy atom. The molecule has 2 rings (SSSR count). The number of carbonyl (C=O) groups is 2. The van der Waals surface area contributed by atoms with Crippen molar-refractivity contribution < 1.29 is 18.0 Å². The summed E-state index contributed by atoms with van der Waals surface area (Å²) in [7, 11) is -3.47. The van der Waals surface area contributed by atoms with E-state index in [0.717, 1.165) is 11.1 Å². The van der Waals surface area contributed by atoms with Crippen LogP contribution in [0.5, 0.6) is 0 Å². The molecule has 0 bridgehead atoms. The maximum absolute atomic E-state index is 12.5. The van der Waals surface area contributed by atoms with Gasteiger partial charge in [0.1, 0.15) is 0 Å². The summed E-state index contributed by atoms with van der Waals surface area (Å²) in [5.74, 6) is -0.244. The minimum Gasteiger partial charge on any atom is -0.352 e. The van der Waals surface area contributed by atoms with Crippen LogP contribution in [0, 0.1) is 0 Å². The van der Waals surface area contributed by atoms with Gasteiger partial charge in [0, 0.05) is 38.7 Å². The summed E-state index contributed by atoms with van der Waals surface area (Å²) in [4.78, 5) is 23.6. The molecule has 0 aliphatic heterocycles. The number of carbonyl (C=O) groups excluding carboxylic acids is 2. The Hall–Kier alpha value is -2.71. The van der Waals surface area contributed by atoms with Gasteiger partial charge in [-0.2, -0.15) is 4.31 Å². The molecule has 0 heterocycles. The third-order valence-electron chi connectivity index (χ3n) is 4.64. The number of aryl methyl sites for hydroxylation is 1. The first-order valence-electron chi connectivity index (χ1n) is 9.98. The molecule has 0 fully saturated rings. The zero-order valence-electron chi connectivity index (χ0n) is 17.6. The second-order valence-corrected chi connectivity index (χ2v) is 8.83. The number of nitrogens with zero attached hydrogens (tertiary/aromatic N) is 1. The van der Waals surface area contributed by atoms with E-state index in [1.165, 1.54) is 11.2 Å². The van der Waals surface area contributed by atoms with E-state index in [1.54, 1.807) is 30.3 Å². The van der Waals surface area contributed by atoms with Crippen LogP contribution in [0.2, 0.25) is 0 Å². The Bertz CT molecular complexity index is 968. The highest BCUT2D eigenvalue weighted by Gasteiger charge is 2.21. The molecule has 0 radical (unpaired) electrons. The highest BCUT2D eigenvalue weighted by atomic mass is 32.2. The Kier molecular flexibility index (Phi) is 8.56. The van der Waals surface area contributed by atoms with Gasteiger partial charge in [0.25, 0.3) is 0 Å². The molecule has 2 aromatic rings. The lowest BCUT2D eigenvalue weighted by atomic mass is 10.1. The van der Waals surface area contributed by atoms with Crippen LogP contribution in [0.3, 0.4) is 0 Å². The molecular formula is C22H29N3O4S. The molecule has 0 unspecified atom stereocenters. The van der Waals surface area contributed by atoms with Gasteiger partial charge in [-0.05, 0) is 41.8 Å². The number of amides is 2. The summed E-state index contributed by atoms with van der Waals surface area (Å²) in [6.07, 6.45) is 0.816. The number of benzene rings is 2. The fraction of sp³-hybridized carbons (Fsp3) is 0.364. The molecule has 2 amide bonds. The monoisotopic (exact) mass is 431 g/mol. The van der Waals surface area contributed by atoms with Gasteiger partial charge in [-0.3, -0.25) is 9.59 Å². The first-order chi connectivity index (χ1) is 14.3. The van der Waals surface area contributed by atoms with E-state index in [0.29, 0.717) is 38.2 Å². The summed E-state index contributed by atoms with van der Waals surface area (Å²) in [6, 6.07) is 14.0. The third-order valence-corrected chi connectivity index (χ3v) is 6.71. The second-order valence-electron chi connectivity index (χ2n) is 6.89. The topological polar surface area (TPSA) is 95.6 Å². The fourth-order valence-electron chi connectivity index (χ4n) is 3.05. The largest absolute Gasteiger partial charge is 0.352 e. The summed E-state index contributed by atoms with van der Waals surface area (Å²) < 4.78 is 26.4. The number of sulfonamides is 1. The van der Waals surface area contributed by atoms with Crippen molar-refractivity contribution in [1.82, 2.24) is 9.62 Å². The second kappa shape index (κ2) is 10.9. The molecule has 2 N–H and O–H groups in total. The van der Waals surface area contributed by atoms with Crippen LogP contribution < -0.4 is 10.6 Å². The zero-order chi connectivity index (χ0) is 22.1. The van der Waals surface area contributed by atoms with Gasteiger partial charge < -0.3 is 10.6 Å². The quantitative estimate of drug-likeness (QED) is 0.605. The zero-order valence-corrected chi connectivity index (χ0v) is 18.5. The van der Waals surface area contributed by atoms with Crippen molar-refractivity contribution in [3.8, 4) is 0 Å². The van der Waals surface area contributed by atoms with Crippen LogP contribution in [0.1, 0.15) is 38.3 Å². The highest BCUT2D eigenvalue weighted by molar-refractivity contribution is 7.89. The maximum atomic E-state index is 12.5. The normalized spacial score (nSPS) is 11.3. The molecule has 0 aliphatic rings. The molecule has 0 aliphatic carbocycles.